The van der Waals surface area contributed by atoms with Gasteiger partial charge in [-0.25, -0.2) is 4.79 Å². The normalized spacial score (nSPS) is 13.9. The number of aromatic nitrogens is 4. The van der Waals surface area contributed by atoms with Crippen LogP contribution in [0.4, 0.5) is 0 Å². The molecule has 4 rings (SSSR count). The first-order valence-corrected chi connectivity index (χ1v) is 9.25. The molecule has 1 aliphatic carbocycles. The third-order valence-corrected chi connectivity index (χ3v) is 4.98. The molecule has 0 bridgehead atoms. The third-order valence-electron chi connectivity index (χ3n) is 4.73. The molecule has 1 fully saturated rings. The highest BCUT2D eigenvalue weighted by atomic mass is 35.5. The minimum Gasteiger partial charge on any atom is -0.337 e. The smallest absolute Gasteiger partial charge is 0.331 e. The molecule has 1 saturated carbocycles. The lowest BCUT2D eigenvalue weighted by Crippen LogP contribution is -2.40. The average molecular weight is 387 g/mol. The first-order chi connectivity index (χ1) is 13.0. The Morgan fingerprint density at radius 3 is 2.63 bits per heavy atom. The highest BCUT2D eigenvalue weighted by molar-refractivity contribution is 6.30. The molecular formula is C19H19ClN4O3. The van der Waals surface area contributed by atoms with Crippen LogP contribution in [0.2, 0.25) is 5.02 Å². The molecular weight excluding hydrogens is 368 g/mol. The Balaban J connectivity index is 1.50. The van der Waals surface area contributed by atoms with Crippen molar-refractivity contribution in [3.8, 4) is 0 Å². The molecule has 0 spiro atoms. The van der Waals surface area contributed by atoms with Gasteiger partial charge in [-0.2, -0.15) is 4.98 Å². The van der Waals surface area contributed by atoms with Gasteiger partial charge in [-0.1, -0.05) is 28.9 Å². The molecule has 0 atom stereocenters. The van der Waals surface area contributed by atoms with E-state index in [0.717, 1.165) is 24.8 Å². The first-order valence-electron chi connectivity index (χ1n) is 8.87. The minimum absolute atomic E-state index is 0.0139. The van der Waals surface area contributed by atoms with E-state index in [0.29, 0.717) is 22.8 Å². The molecule has 0 saturated heterocycles. The van der Waals surface area contributed by atoms with Gasteiger partial charge in [-0.3, -0.25) is 9.36 Å². The lowest BCUT2D eigenvalue weighted by molar-refractivity contribution is 0.361. The van der Waals surface area contributed by atoms with Gasteiger partial charge in [0.25, 0.3) is 5.56 Å². The van der Waals surface area contributed by atoms with Crippen molar-refractivity contribution < 1.29 is 4.52 Å². The van der Waals surface area contributed by atoms with Crippen LogP contribution < -0.4 is 11.2 Å². The second-order valence-corrected chi connectivity index (χ2v) is 7.31. The lowest BCUT2D eigenvalue weighted by atomic mass is 10.1. The van der Waals surface area contributed by atoms with Gasteiger partial charge in [-0.05, 0) is 42.9 Å². The van der Waals surface area contributed by atoms with Gasteiger partial charge in [0.2, 0.25) is 5.89 Å². The summed E-state index contributed by atoms with van der Waals surface area (Å²) in [5, 5.41) is 4.66. The van der Waals surface area contributed by atoms with E-state index < -0.39 is 0 Å². The van der Waals surface area contributed by atoms with E-state index in [4.69, 9.17) is 16.1 Å². The summed E-state index contributed by atoms with van der Waals surface area (Å²) in [6.07, 6.45) is 4.96. The van der Waals surface area contributed by atoms with Crippen LogP contribution in [0.25, 0.3) is 0 Å². The number of halogens is 1. The lowest BCUT2D eigenvalue weighted by Gasteiger charge is -2.07. The second kappa shape index (κ2) is 7.15. The fourth-order valence-electron chi connectivity index (χ4n) is 3.06. The van der Waals surface area contributed by atoms with Crippen LogP contribution in [0.3, 0.4) is 0 Å². The van der Waals surface area contributed by atoms with Crippen LogP contribution in [0.1, 0.15) is 41.6 Å². The van der Waals surface area contributed by atoms with Gasteiger partial charge in [0, 0.05) is 30.3 Å². The van der Waals surface area contributed by atoms with Crippen molar-refractivity contribution in [2.75, 3.05) is 0 Å². The summed E-state index contributed by atoms with van der Waals surface area (Å²) in [6, 6.07) is 7.59. The van der Waals surface area contributed by atoms with Crippen LogP contribution >= 0.6 is 11.6 Å². The van der Waals surface area contributed by atoms with E-state index in [-0.39, 0.29) is 29.6 Å². The Morgan fingerprint density at radius 1 is 1.19 bits per heavy atom. The van der Waals surface area contributed by atoms with E-state index in [1.54, 1.807) is 13.2 Å². The monoisotopic (exact) mass is 386 g/mol. The minimum atomic E-state index is -0.384. The third kappa shape index (κ3) is 3.88. The highest BCUT2D eigenvalue weighted by Gasteiger charge is 2.28. The average Bonchev–Trinajstić information content (AvgIpc) is 3.40. The maximum atomic E-state index is 12.6. The van der Waals surface area contributed by atoms with Crippen molar-refractivity contribution in [1.82, 2.24) is 19.3 Å². The quantitative estimate of drug-likeness (QED) is 0.649. The molecule has 0 aliphatic heterocycles. The molecule has 3 aromatic rings. The Hall–Kier alpha value is -2.67. The molecule has 0 unspecified atom stereocenters. The van der Waals surface area contributed by atoms with Crippen LogP contribution in [-0.2, 0) is 26.4 Å². The van der Waals surface area contributed by atoms with Crippen molar-refractivity contribution in [2.24, 2.45) is 7.05 Å². The van der Waals surface area contributed by atoms with Gasteiger partial charge < -0.3 is 9.09 Å². The maximum Gasteiger partial charge on any atom is 0.331 e. The maximum absolute atomic E-state index is 12.6. The SMILES string of the molecule is Cn1cc(C2CC2)c(=O)n(Cc2nc(CCc3ccc(Cl)cc3)no2)c1=O. The number of hydrogen-bond donors (Lipinski definition) is 0. The summed E-state index contributed by atoms with van der Waals surface area (Å²) in [4.78, 5) is 29.3. The van der Waals surface area contributed by atoms with Gasteiger partial charge in [0.1, 0.15) is 6.54 Å². The second-order valence-electron chi connectivity index (χ2n) is 6.87. The number of hydrogen-bond acceptors (Lipinski definition) is 5. The Morgan fingerprint density at radius 2 is 1.93 bits per heavy atom. The fraction of sp³-hybridized carbons (Fsp3) is 0.368. The first kappa shape index (κ1) is 17.7. The molecule has 0 amide bonds. The van der Waals surface area contributed by atoms with Crippen molar-refractivity contribution in [3.63, 3.8) is 0 Å². The van der Waals surface area contributed by atoms with Crippen LogP contribution in [0.5, 0.6) is 0 Å². The molecule has 27 heavy (non-hydrogen) atoms. The highest BCUT2D eigenvalue weighted by Crippen LogP contribution is 2.37. The number of aryl methyl sites for hydroxylation is 3. The summed E-state index contributed by atoms with van der Waals surface area (Å²) in [5.74, 6) is 1.06. The molecule has 1 aromatic carbocycles. The van der Waals surface area contributed by atoms with E-state index in [9.17, 15) is 9.59 Å². The van der Waals surface area contributed by atoms with E-state index in [1.807, 2.05) is 24.3 Å². The van der Waals surface area contributed by atoms with E-state index in [1.165, 1.54) is 9.13 Å². The molecule has 7 nitrogen and oxygen atoms in total. The number of rotatable bonds is 6. The molecule has 1 aliphatic rings. The van der Waals surface area contributed by atoms with Crippen LogP contribution in [0.15, 0.2) is 44.6 Å². The molecule has 8 heteroatoms. The molecule has 140 valence electrons. The zero-order valence-corrected chi connectivity index (χ0v) is 15.6. The molecule has 2 heterocycles. The van der Waals surface area contributed by atoms with Gasteiger partial charge >= 0.3 is 5.69 Å². The summed E-state index contributed by atoms with van der Waals surface area (Å²) in [7, 11) is 1.65. The standard InChI is InChI=1S/C19H19ClN4O3/c1-23-10-15(13-5-6-13)18(25)24(19(23)26)11-17-21-16(22-27-17)9-4-12-2-7-14(20)8-3-12/h2-3,7-8,10,13H,4-6,9,11H2,1H3. The van der Waals surface area contributed by atoms with Crippen molar-refractivity contribution in [1.29, 1.82) is 0 Å². The number of benzene rings is 1. The summed E-state index contributed by atoms with van der Waals surface area (Å²) in [5.41, 5.74) is 1.15. The van der Waals surface area contributed by atoms with Crippen LogP contribution in [0, 0.1) is 0 Å². The predicted octanol–water partition coefficient (Wildman–Crippen LogP) is 2.29. The number of nitrogens with zero attached hydrogens (tertiary/aromatic N) is 4. The van der Waals surface area contributed by atoms with Gasteiger partial charge in [0.15, 0.2) is 5.82 Å². The topological polar surface area (TPSA) is 82.9 Å². The van der Waals surface area contributed by atoms with Crippen molar-refractivity contribution >= 4 is 11.6 Å². The summed E-state index contributed by atoms with van der Waals surface area (Å²) < 4.78 is 7.86. The Labute approximate surface area is 160 Å². The van der Waals surface area contributed by atoms with E-state index >= 15 is 0 Å². The summed E-state index contributed by atoms with van der Waals surface area (Å²) in [6.45, 7) is -0.0139. The predicted molar refractivity (Wildman–Crippen MR) is 100 cm³/mol. The molecule has 2 aromatic heterocycles. The van der Waals surface area contributed by atoms with Crippen LogP contribution in [-0.4, -0.2) is 19.3 Å². The van der Waals surface area contributed by atoms with Crippen molar-refractivity contribution in [2.45, 2.75) is 38.1 Å². The summed E-state index contributed by atoms with van der Waals surface area (Å²) >= 11 is 5.89. The fourth-order valence-corrected chi connectivity index (χ4v) is 3.19. The van der Waals surface area contributed by atoms with Gasteiger partial charge in [-0.15, -0.1) is 0 Å². The largest absolute Gasteiger partial charge is 0.337 e. The Kier molecular flexibility index (Phi) is 4.70. The molecule has 0 N–H and O–H groups in total. The molecule has 0 radical (unpaired) electrons. The van der Waals surface area contributed by atoms with E-state index in [2.05, 4.69) is 10.1 Å². The zero-order chi connectivity index (χ0) is 19.0. The Bertz CT molecular complexity index is 1080. The van der Waals surface area contributed by atoms with Gasteiger partial charge in [0.05, 0.1) is 0 Å². The zero-order valence-electron chi connectivity index (χ0n) is 14.9. The van der Waals surface area contributed by atoms with Crippen molar-refractivity contribution in [3.05, 3.63) is 79.2 Å².